The monoisotopic (exact) mass is 515 g/mol. The van der Waals surface area contributed by atoms with Crippen molar-refractivity contribution in [2.24, 2.45) is 22.6 Å². The first kappa shape index (κ1) is 26.5. The lowest BCUT2D eigenvalue weighted by atomic mass is 9.77. The van der Waals surface area contributed by atoms with Crippen molar-refractivity contribution >= 4 is 17.5 Å². The lowest BCUT2D eigenvalue weighted by Gasteiger charge is -2.32. The van der Waals surface area contributed by atoms with Gasteiger partial charge in [-0.3, -0.25) is 4.99 Å². The fourth-order valence-electron chi connectivity index (χ4n) is 6.32. The molecule has 2 fully saturated rings. The number of hydrogen-bond donors (Lipinski definition) is 2. The Labute approximate surface area is 226 Å². The van der Waals surface area contributed by atoms with Crippen LogP contribution in [0.3, 0.4) is 0 Å². The molecule has 6 heteroatoms. The molecule has 38 heavy (non-hydrogen) atoms. The molecule has 6 nitrogen and oxygen atoms in total. The van der Waals surface area contributed by atoms with Crippen LogP contribution in [0.5, 0.6) is 0 Å². The van der Waals surface area contributed by atoms with Crippen LogP contribution in [0.2, 0.25) is 0 Å². The normalized spacial score (nSPS) is 20.4. The first-order chi connectivity index (χ1) is 18.5. The number of rotatable bonds is 7. The van der Waals surface area contributed by atoms with Gasteiger partial charge in [-0.25, -0.2) is 4.79 Å². The zero-order chi connectivity index (χ0) is 26.5. The lowest BCUT2D eigenvalue weighted by molar-refractivity contribution is 0.0688. The van der Waals surface area contributed by atoms with Gasteiger partial charge in [0, 0.05) is 50.2 Å². The summed E-state index contributed by atoms with van der Waals surface area (Å²) in [5.74, 6) is 1.15. The van der Waals surface area contributed by atoms with Crippen molar-refractivity contribution in [3.63, 3.8) is 0 Å². The number of ether oxygens (including phenoxy) is 1. The highest BCUT2D eigenvalue weighted by Gasteiger charge is 2.27. The van der Waals surface area contributed by atoms with E-state index in [1.165, 1.54) is 48.8 Å². The van der Waals surface area contributed by atoms with Crippen molar-refractivity contribution in [3.05, 3.63) is 76.5 Å². The van der Waals surface area contributed by atoms with Gasteiger partial charge < -0.3 is 20.5 Å². The van der Waals surface area contributed by atoms with E-state index in [1.54, 1.807) is 6.07 Å². The highest BCUT2D eigenvalue weighted by Crippen LogP contribution is 2.41. The minimum atomic E-state index is -0.903. The Bertz CT molecular complexity index is 1190. The molecule has 1 atom stereocenters. The molecule has 3 N–H and O–H groups in total. The number of fused-ring (bicyclic) bond motifs is 1. The predicted octanol–water partition coefficient (Wildman–Crippen LogP) is 6.30. The van der Waals surface area contributed by atoms with Gasteiger partial charge in [0.2, 0.25) is 0 Å². The molecular formula is C32H41N3O3. The molecule has 1 saturated heterocycles. The number of nitrogens with zero attached hydrogens (tertiary/aromatic N) is 2. The summed E-state index contributed by atoms with van der Waals surface area (Å²) in [5, 5.41) is 9.85. The van der Waals surface area contributed by atoms with Crippen molar-refractivity contribution in [3.8, 4) is 0 Å². The van der Waals surface area contributed by atoms with E-state index in [0.29, 0.717) is 48.7 Å². The number of hydrogen-bond acceptors (Lipinski definition) is 4. The molecule has 1 aliphatic carbocycles. The zero-order valence-corrected chi connectivity index (χ0v) is 22.6. The first-order valence-corrected chi connectivity index (χ1v) is 14.3. The molecule has 2 aliphatic heterocycles. The minimum absolute atomic E-state index is 0.313. The molecule has 0 radical (unpaired) electrons. The number of carboxylic acid groups (broad SMARTS) is 1. The smallest absolute Gasteiger partial charge is 0.335 e. The predicted molar refractivity (Wildman–Crippen MR) is 153 cm³/mol. The number of carbonyl (C=O) groups is 1. The molecule has 2 aromatic carbocycles. The highest BCUT2D eigenvalue weighted by molar-refractivity contribution is 5.98. The van der Waals surface area contributed by atoms with Crippen molar-refractivity contribution in [2.75, 3.05) is 24.7 Å². The van der Waals surface area contributed by atoms with Crippen LogP contribution < -0.4 is 10.6 Å². The molecule has 2 aromatic rings. The second kappa shape index (κ2) is 12.2. The average Bonchev–Trinajstić information content (AvgIpc) is 3.16. The third kappa shape index (κ3) is 6.12. The van der Waals surface area contributed by atoms with E-state index in [9.17, 15) is 9.90 Å². The van der Waals surface area contributed by atoms with Crippen LogP contribution >= 0.6 is 0 Å². The molecular weight excluding hydrogens is 474 g/mol. The van der Waals surface area contributed by atoms with Gasteiger partial charge >= 0.3 is 5.97 Å². The molecule has 2 heterocycles. The van der Waals surface area contributed by atoms with Crippen LogP contribution in [0, 0.1) is 11.8 Å². The van der Waals surface area contributed by atoms with Gasteiger partial charge in [0.25, 0.3) is 0 Å². The van der Waals surface area contributed by atoms with E-state index in [-0.39, 0.29) is 0 Å². The van der Waals surface area contributed by atoms with Gasteiger partial charge in [0.1, 0.15) is 5.84 Å². The number of amidine groups is 1. The van der Waals surface area contributed by atoms with E-state index in [1.807, 2.05) is 12.1 Å². The Hall–Kier alpha value is -3.12. The van der Waals surface area contributed by atoms with Crippen LogP contribution in [-0.4, -0.2) is 36.7 Å². The summed E-state index contributed by atoms with van der Waals surface area (Å²) in [5.41, 5.74) is 12.6. The van der Waals surface area contributed by atoms with Gasteiger partial charge in [-0.2, -0.15) is 0 Å². The number of anilines is 1. The van der Waals surface area contributed by atoms with Crippen molar-refractivity contribution in [2.45, 2.75) is 70.8 Å². The third-order valence-electron chi connectivity index (χ3n) is 8.78. The molecule has 0 spiro atoms. The van der Waals surface area contributed by atoms with Crippen molar-refractivity contribution in [1.82, 2.24) is 0 Å². The summed E-state index contributed by atoms with van der Waals surface area (Å²) in [7, 11) is 0. The Balaban J connectivity index is 1.53. The number of nitrogens with two attached hydrogens (primary N) is 1. The Morgan fingerprint density at radius 2 is 1.82 bits per heavy atom. The lowest BCUT2D eigenvalue weighted by Crippen LogP contribution is -2.24. The Kier molecular flexibility index (Phi) is 8.48. The van der Waals surface area contributed by atoms with Gasteiger partial charge in [-0.1, -0.05) is 56.5 Å². The van der Waals surface area contributed by atoms with E-state index < -0.39 is 5.97 Å². The number of aliphatic imine (C=N–C) groups is 1. The minimum Gasteiger partial charge on any atom is -0.478 e. The van der Waals surface area contributed by atoms with Gasteiger partial charge in [-0.05, 0) is 72.3 Å². The average molecular weight is 516 g/mol. The van der Waals surface area contributed by atoms with E-state index >= 15 is 0 Å². The van der Waals surface area contributed by atoms with Crippen molar-refractivity contribution in [1.29, 1.82) is 0 Å². The summed E-state index contributed by atoms with van der Waals surface area (Å²) in [6.07, 6.45) is 11.2. The number of carboxylic acids is 1. The Morgan fingerprint density at radius 1 is 1.08 bits per heavy atom. The quantitative estimate of drug-likeness (QED) is 0.334. The molecule has 1 saturated carbocycles. The molecule has 0 bridgehead atoms. The largest absolute Gasteiger partial charge is 0.478 e. The molecule has 5 rings (SSSR count). The molecule has 0 amide bonds. The fraction of sp³-hybridized carbons (Fsp3) is 0.500. The number of aromatic carboxylic acids is 1. The van der Waals surface area contributed by atoms with Gasteiger partial charge in [-0.15, -0.1) is 0 Å². The topological polar surface area (TPSA) is 88.2 Å². The third-order valence-corrected chi connectivity index (χ3v) is 8.78. The van der Waals surface area contributed by atoms with E-state index in [2.05, 4.69) is 42.3 Å². The maximum Gasteiger partial charge on any atom is 0.335 e. The summed E-state index contributed by atoms with van der Waals surface area (Å²) in [6, 6.07) is 14.1. The highest BCUT2D eigenvalue weighted by atomic mass is 16.5. The zero-order valence-electron chi connectivity index (χ0n) is 22.6. The van der Waals surface area contributed by atoms with Crippen LogP contribution in [0.15, 0.2) is 59.2 Å². The summed E-state index contributed by atoms with van der Waals surface area (Å²) < 4.78 is 5.50. The number of benzene rings is 2. The maximum atomic E-state index is 12.0. The van der Waals surface area contributed by atoms with Crippen LogP contribution in [0.1, 0.15) is 84.8 Å². The molecule has 1 unspecified atom stereocenters. The van der Waals surface area contributed by atoms with E-state index in [0.717, 1.165) is 37.3 Å². The first-order valence-electron chi connectivity index (χ1n) is 14.3. The second-order valence-corrected chi connectivity index (χ2v) is 11.3. The fourth-order valence-corrected chi connectivity index (χ4v) is 6.32. The Morgan fingerprint density at radius 3 is 2.55 bits per heavy atom. The molecule has 3 aliphatic rings. The van der Waals surface area contributed by atoms with Crippen LogP contribution in [-0.2, 0) is 17.7 Å². The van der Waals surface area contributed by atoms with Crippen LogP contribution in [0.4, 0.5) is 5.69 Å². The summed E-state index contributed by atoms with van der Waals surface area (Å²) in [4.78, 5) is 19.1. The molecule has 202 valence electrons. The van der Waals surface area contributed by atoms with Gasteiger partial charge in [0.15, 0.2) is 0 Å². The van der Waals surface area contributed by atoms with Crippen molar-refractivity contribution < 1.29 is 14.6 Å². The van der Waals surface area contributed by atoms with E-state index in [4.69, 9.17) is 15.5 Å². The molecule has 0 aromatic heterocycles. The second-order valence-electron chi connectivity index (χ2n) is 11.3. The van der Waals surface area contributed by atoms with Gasteiger partial charge in [0.05, 0.1) is 5.56 Å². The van der Waals surface area contributed by atoms with Crippen LogP contribution in [0.25, 0.3) is 0 Å². The SMILES string of the molecule is CC(c1ccc(C(=O)O)cc1N1C=C(C(N)=NCC2CCOCC2)Cc2ccccc2C1)C1CCCCC1. The maximum absolute atomic E-state index is 12.0. The summed E-state index contributed by atoms with van der Waals surface area (Å²) in [6.45, 7) is 5.29. The summed E-state index contributed by atoms with van der Waals surface area (Å²) >= 11 is 0. The standard InChI is InChI=1S/C32H41N3O3/c1-22(24-7-3-2-4-8-24)29-12-11-26(32(36)37)18-30(29)35-20-27-10-6-5-9-25(27)17-28(21-35)31(33)34-19-23-13-15-38-16-14-23/h5-6,9-12,18,21-24H,2-4,7-8,13-17,19-20H2,1H3,(H2,33,34)(H,36,37).